The molecule has 28 heavy (non-hydrogen) atoms. The molecule has 152 valence electrons. The summed E-state index contributed by atoms with van der Waals surface area (Å²) in [6, 6.07) is 12.6. The van der Waals surface area contributed by atoms with Gasteiger partial charge in [-0.25, -0.2) is 8.42 Å². The molecule has 0 bridgehead atoms. The third-order valence-corrected chi connectivity index (χ3v) is 6.27. The normalized spacial score (nSPS) is 15.0. The number of para-hydroxylation sites is 1. The van der Waals surface area contributed by atoms with E-state index in [4.69, 9.17) is 11.6 Å². The molecular formula is C19H22Cl2N3O3S-. The van der Waals surface area contributed by atoms with Crippen molar-refractivity contribution in [3.8, 4) is 0 Å². The number of nitrogens with one attached hydrogen (secondary N) is 1. The Morgan fingerprint density at radius 1 is 1.04 bits per heavy atom. The molecule has 1 aliphatic heterocycles. The number of rotatable bonds is 5. The average molecular weight is 443 g/mol. The quantitative estimate of drug-likeness (QED) is 0.702. The summed E-state index contributed by atoms with van der Waals surface area (Å²) >= 11 is 5.83. The van der Waals surface area contributed by atoms with Crippen LogP contribution in [0.2, 0.25) is 5.02 Å². The van der Waals surface area contributed by atoms with Crippen LogP contribution >= 0.6 is 11.6 Å². The van der Waals surface area contributed by atoms with E-state index in [1.165, 1.54) is 24.3 Å². The van der Waals surface area contributed by atoms with Crippen LogP contribution in [0.1, 0.15) is 17.3 Å². The smallest absolute Gasteiger partial charge is 0.261 e. The number of nitrogens with zero attached hydrogens (tertiary/aromatic N) is 2. The van der Waals surface area contributed by atoms with Crippen LogP contribution in [0.25, 0.3) is 0 Å². The first-order chi connectivity index (χ1) is 12.9. The number of piperazine rings is 1. The first-order valence-corrected chi connectivity index (χ1v) is 10.7. The topological polar surface area (TPSA) is 69.7 Å². The number of carbonyl (C=O) groups excluding carboxylic acids is 1. The maximum absolute atomic E-state index is 12.9. The Bertz CT molecular complexity index is 912. The summed E-state index contributed by atoms with van der Waals surface area (Å²) in [4.78, 5) is 17.1. The van der Waals surface area contributed by atoms with Gasteiger partial charge in [-0.1, -0.05) is 30.7 Å². The molecule has 0 unspecified atom stereocenters. The number of benzene rings is 2. The van der Waals surface area contributed by atoms with Crippen molar-refractivity contribution in [3.63, 3.8) is 0 Å². The Kier molecular flexibility index (Phi) is 7.71. The van der Waals surface area contributed by atoms with Crippen molar-refractivity contribution >= 4 is 33.2 Å². The lowest BCUT2D eigenvalue weighted by Crippen LogP contribution is -3.00. The summed E-state index contributed by atoms with van der Waals surface area (Å²) in [7, 11) is -3.82. The Labute approximate surface area is 176 Å². The van der Waals surface area contributed by atoms with Crippen LogP contribution in [-0.2, 0) is 10.0 Å². The van der Waals surface area contributed by atoms with Gasteiger partial charge in [0.1, 0.15) is 0 Å². The number of likely N-dealkylation sites (N-methyl/N-ethyl adjacent to an activating group) is 1. The Morgan fingerprint density at radius 2 is 1.64 bits per heavy atom. The summed E-state index contributed by atoms with van der Waals surface area (Å²) in [5.41, 5.74) is 0.621. The molecule has 6 nitrogen and oxygen atoms in total. The summed E-state index contributed by atoms with van der Waals surface area (Å²) in [6.45, 7) is 5.95. The molecule has 1 fully saturated rings. The molecule has 1 amide bonds. The molecule has 1 heterocycles. The van der Waals surface area contributed by atoms with Gasteiger partial charge in [-0.3, -0.25) is 9.52 Å². The second kappa shape index (κ2) is 9.60. The van der Waals surface area contributed by atoms with Crippen molar-refractivity contribution in [1.82, 2.24) is 9.80 Å². The summed E-state index contributed by atoms with van der Waals surface area (Å²) in [5, 5.41) is 0.454. The standard InChI is InChI=1S/C19H22ClN3O3S.ClH/c1-2-22-11-13-23(14-12-22)19(24)17-5-3-4-6-18(17)21-27(25,26)16-9-7-15(20)8-10-16;/h3-10,21H,2,11-14H2,1H3;1H/p-1. The van der Waals surface area contributed by atoms with Crippen molar-refractivity contribution < 1.29 is 25.6 Å². The Hall–Kier alpha value is -1.80. The minimum atomic E-state index is -3.82. The van der Waals surface area contributed by atoms with Crippen LogP contribution in [0.15, 0.2) is 53.4 Å². The highest BCUT2D eigenvalue weighted by molar-refractivity contribution is 7.92. The van der Waals surface area contributed by atoms with E-state index in [9.17, 15) is 13.2 Å². The first-order valence-electron chi connectivity index (χ1n) is 8.80. The van der Waals surface area contributed by atoms with Gasteiger partial charge in [0.2, 0.25) is 0 Å². The SMILES string of the molecule is CCN1CCN(C(=O)c2ccccc2NS(=O)(=O)c2ccc(Cl)cc2)CC1.[Cl-]. The highest BCUT2D eigenvalue weighted by Gasteiger charge is 2.24. The lowest BCUT2D eigenvalue weighted by Gasteiger charge is -2.34. The maximum Gasteiger partial charge on any atom is 0.261 e. The molecule has 1 aliphatic rings. The number of sulfonamides is 1. The van der Waals surface area contributed by atoms with Gasteiger partial charge in [-0.15, -0.1) is 0 Å². The molecule has 0 saturated carbocycles. The molecule has 1 saturated heterocycles. The Morgan fingerprint density at radius 3 is 2.25 bits per heavy atom. The largest absolute Gasteiger partial charge is 1.00 e. The van der Waals surface area contributed by atoms with E-state index in [1.54, 1.807) is 29.2 Å². The predicted molar refractivity (Wildman–Crippen MR) is 107 cm³/mol. The number of hydrogen-bond acceptors (Lipinski definition) is 4. The third-order valence-electron chi connectivity index (χ3n) is 4.63. The van der Waals surface area contributed by atoms with Crippen molar-refractivity contribution in [2.45, 2.75) is 11.8 Å². The molecule has 1 N–H and O–H groups in total. The molecule has 0 atom stereocenters. The molecule has 0 radical (unpaired) electrons. The van der Waals surface area contributed by atoms with Crippen LogP contribution in [0.4, 0.5) is 5.69 Å². The van der Waals surface area contributed by atoms with Gasteiger partial charge in [0, 0.05) is 31.2 Å². The molecule has 2 aromatic carbocycles. The van der Waals surface area contributed by atoms with Crippen molar-refractivity contribution in [2.24, 2.45) is 0 Å². The third kappa shape index (κ3) is 5.17. The molecule has 0 aromatic heterocycles. The monoisotopic (exact) mass is 442 g/mol. The second-order valence-electron chi connectivity index (χ2n) is 6.33. The van der Waals surface area contributed by atoms with Crippen LogP contribution < -0.4 is 17.1 Å². The predicted octanol–water partition coefficient (Wildman–Crippen LogP) is -0.0775. The fraction of sp³-hybridized carbons (Fsp3) is 0.316. The van der Waals surface area contributed by atoms with Crippen LogP contribution in [0, 0.1) is 0 Å². The van der Waals surface area contributed by atoms with Crippen LogP contribution in [-0.4, -0.2) is 56.8 Å². The zero-order valence-corrected chi connectivity index (χ0v) is 17.8. The van der Waals surface area contributed by atoms with Crippen molar-refractivity contribution in [3.05, 3.63) is 59.1 Å². The number of halogens is 2. The van der Waals surface area contributed by atoms with Gasteiger partial charge in [0.15, 0.2) is 0 Å². The molecule has 3 rings (SSSR count). The average Bonchev–Trinajstić information content (AvgIpc) is 2.68. The molecule has 0 aliphatic carbocycles. The fourth-order valence-electron chi connectivity index (χ4n) is 3.01. The van der Waals surface area contributed by atoms with E-state index >= 15 is 0 Å². The molecule has 0 spiro atoms. The van der Waals surface area contributed by atoms with Crippen LogP contribution in [0.5, 0.6) is 0 Å². The number of hydrogen-bond donors (Lipinski definition) is 1. The highest BCUT2D eigenvalue weighted by Crippen LogP contribution is 2.23. The zero-order valence-electron chi connectivity index (χ0n) is 15.4. The maximum atomic E-state index is 12.9. The molecular weight excluding hydrogens is 421 g/mol. The zero-order chi connectivity index (χ0) is 19.4. The van der Waals surface area contributed by atoms with Gasteiger partial charge in [-0.05, 0) is 42.9 Å². The minimum Gasteiger partial charge on any atom is -1.00 e. The van der Waals surface area contributed by atoms with Crippen molar-refractivity contribution in [1.29, 1.82) is 0 Å². The second-order valence-corrected chi connectivity index (χ2v) is 8.45. The lowest BCUT2D eigenvalue weighted by molar-refractivity contribution is -0.0000183. The van der Waals surface area contributed by atoms with Crippen LogP contribution in [0.3, 0.4) is 0 Å². The first kappa shape index (κ1) is 22.5. The van der Waals surface area contributed by atoms with E-state index in [-0.39, 0.29) is 28.9 Å². The number of anilines is 1. The summed E-state index contributed by atoms with van der Waals surface area (Å²) in [6.07, 6.45) is 0. The van der Waals surface area contributed by atoms with E-state index in [1.807, 2.05) is 0 Å². The summed E-state index contributed by atoms with van der Waals surface area (Å²) in [5.74, 6) is -0.167. The minimum absolute atomic E-state index is 0. The summed E-state index contributed by atoms with van der Waals surface area (Å²) < 4.78 is 27.9. The Balaban J connectivity index is 0.00000280. The fourth-order valence-corrected chi connectivity index (χ4v) is 4.22. The van der Waals surface area contributed by atoms with Gasteiger partial charge in [0.25, 0.3) is 15.9 Å². The van der Waals surface area contributed by atoms with E-state index in [0.717, 1.165) is 19.6 Å². The molecule has 9 heteroatoms. The highest BCUT2D eigenvalue weighted by atomic mass is 35.5. The van der Waals surface area contributed by atoms with E-state index in [2.05, 4.69) is 16.5 Å². The molecule has 2 aromatic rings. The van der Waals surface area contributed by atoms with Gasteiger partial charge in [0.05, 0.1) is 16.1 Å². The number of amides is 1. The van der Waals surface area contributed by atoms with Gasteiger partial charge >= 0.3 is 0 Å². The van der Waals surface area contributed by atoms with Crippen molar-refractivity contribution in [2.75, 3.05) is 37.4 Å². The van der Waals surface area contributed by atoms with E-state index in [0.29, 0.717) is 23.7 Å². The van der Waals surface area contributed by atoms with E-state index < -0.39 is 10.0 Å². The lowest BCUT2D eigenvalue weighted by atomic mass is 10.1. The van der Waals surface area contributed by atoms with Gasteiger partial charge < -0.3 is 22.2 Å². The van der Waals surface area contributed by atoms with Gasteiger partial charge in [-0.2, -0.15) is 0 Å². The number of carbonyl (C=O) groups is 1.